The van der Waals surface area contributed by atoms with Crippen LogP contribution in [0.2, 0.25) is 0 Å². The third kappa shape index (κ3) is 5.38. The Morgan fingerprint density at radius 3 is 2.63 bits per heavy atom. The molecule has 0 saturated carbocycles. The van der Waals surface area contributed by atoms with E-state index in [0.717, 1.165) is 6.42 Å². The molecular weight excluding hydrogens is 510 g/mol. The van der Waals surface area contributed by atoms with Gasteiger partial charge in [0.05, 0.1) is 57.6 Å². The van der Waals surface area contributed by atoms with Gasteiger partial charge < -0.3 is 28.7 Å². The Morgan fingerprint density at radius 2 is 1.95 bits per heavy atom. The summed E-state index contributed by atoms with van der Waals surface area (Å²) in [6.45, 7) is 4.77. The Balaban J connectivity index is 1.67. The molecule has 3 aliphatic rings. The number of piperidine rings is 1. The van der Waals surface area contributed by atoms with E-state index in [1.54, 1.807) is 45.1 Å². The molecule has 0 spiro atoms. The number of aliphatic imine (C=N–C) groups is 1. The second-order valence-corrected chi connectivity index (χ2v) is 9.94. The van der Waals surface area contributed by atoms with Gasteiger partial charge in [-0.25, -0.2) is 9.79 Å². The number of thioether (sulfide) groups is 1. The molecule has 0 radical (unpaired) electrons. The highest BCUT2D eigenvalue weighted by Gasteiger charge is 2.43. The zero-order valence-electron chi connectivity index (χ0n) is 22.3. The van der Waals surface area contributed by atoms with Crippen molar-refractivity contribution in [1.82, 2.24) is 9.80 Å². The van der Waals surface area contributed by atoms with Crippen molar-refractivity contribution in [2.75, 3.05) is 41.0 Å². The molecule has 0 N–H and O–H groups in total. The summed E-state index contributed by atoms with van der Waals surface area (Å²) in [5.41, 5.74) is 2.25. The van der Waals surface area contributed by atoms with E-state index in [4.69, 9.17) is 18.9 Å². The predicted octanol–water partition coefficient (Wildman–Crippen LogP) is 3.64. The normalized spacial score (nSPS) is 20.9. The molecule has 3 aliphatic heterocycles. The van der Waals surface area contributed by atoms with Crippen LogP contribution in [0.15, 0.2) is 45.6 Å². The lowest BCUT2D eigenvalue weighted by Gasteiger charge is -2.37. The van der Waals surface area contributed by atoms with Crippen molar-refractivity contribution in [2.24, 2.45) is 10.9 Å². The second kappa shape index (κ2) is 11.9. The maximum Gasteiger partial charge on any atom is 0.338 e. The van der Waals surface area contributed by atoms with Gasteiger partial charge in [-0.15, -0.1) is 0 Å². The molecule has 204 valence electrons. The number of amidine groups is 1. The van der Waals surface area contributed by atoms with E-state index in [1.165, 1.54) is 18.9 Å². The van der Waals surface area contributed by atoms with Crippen molar-refractivity contribution < 1.29 is 33.3 Å². The summed E-state index contributed by atoms with van der Waals surface area (Å²) in [4.78, 5) is 47.1. The first kappa shape index (κ1) is 27.6. The van der Waals surface area contributed by atoms with E-state index in [2.05, 4.69) is 4.99 Å². The van der Waals surface area contributed by atoms with Gasteiger partial charge in [0, 0.05) is 24.4 Å². The summed E-state index contributed by atoms with van der Waals surface area (Å²) in [7, 11) is 4.46. The summed E-state index contributed by atoms with van der Waals surface area (Å²) in [5, 5.41) is 2.53. The van der Waals surface area contributed by atoms with Gasteiger partial charge in [-0.1, -0.05) is 11.8 Å². The number of esters is 2. The molecule has 11 heteroatoms. The van der Waals surface area contributed by atoms with Crippen molar-refractivity contribution in [2.45, 2.75) is 39.2 Å². The predicted molar refractivity (Wildman–Crippen MR) is 143 cm³/mol. The quantitative estimate of drug-likeness (QED) is 0.454. The van der Waals surface area contributed by atoms with Crippen molar-refractivity contribution in [1.29, 1.82) is 0 Å². The lowest BCUT2D eigenvalue weighted by Crippen LogP contribution is -2.44. The Bertz CT molecular complexity index is 1210. The number of carbonyl (C=O) groups is 3. The number of fused-ring (bicyclic) bond motifs is 1. The number of hydrogen-bond acceptors (Lipinski definition) is 10. The second-order valence-electron chi connectivity index (χ2n) is 9.10. The summed E-state index contributed by atoms with van der Waals surface area (Å²) in [6, 6.07) is 4.73. The topological polar surface area (TPSA) is 107 Å². The van der Waals surface area contributed by atoms with Gasteiger partial charge >= 0.3 is 11.9 Å². The Hall–Kier alpha value is -3.47. The summed E-state index contributed by atoms with van der Waals surface area (Å²) >= 11 is 1.39. The number of rotatable bonds is 8. The van der Waals surface area contributed by atoms with Crippen molar-refractivity contribution in [3.63, 3.8) is 0 Å². The molecule has 4 rings (SSSR count). The smallest absolute Gasteiger partial charge is 0.338 e. The summed E-state index contributed by atoms with van der Waals surface area (Å²) in [6.07, 6.45) is 1.52. The van der Waals surface area contributed by atoms with Crippen LogP contribution in [0, 0.1) is 5.92 Å². The lowest BCUT2D eigenvalue weighted by molar-refractivity contribution is -0.151. The fraction of sp³-hybridized carbons (Fsp3) is 0.481. The molecule has 0 aliphatic carbocycles. The van der Waals surface area contributed by atoms with E-state index in [-0.39, 0.29) is 24.2 Å². The molecule has 0 unspecified atom stereocenters. The summed E-state index contributed by atoms with van der Waals surface area (Å²) in [5.74, 6) is -0.0531. The first-order valence-electron chi connectivity index (χ1n) is 12.5. The van der Waals surface area contributed by atoms with Gasteiger partial charge in [0.1, 0.15) is 11.5 Å². The fourth-order valence-electron chi connectivity index (χ4n) is 5.01. The van der Waals surface area contributed by atoms with Gasteiger partial charge in [-0.05, 0) is 50.3 Å². The molecule has 0 aromatic heterocycles. The Kier molecular flexibility index (Phi) is 8.65. The van der Waals surface area contributed by atoms with Gasteiger partial charge in [0.15, 0.2) is 5.17 Å². The Labute approximate surface area is 226 Å². The van der Waals surface area contributed by atoms with Crippen LogP contribution in [0.5, 0.6) is 11.5 Å². The number of benzene rings is 1. The molecule has 1 amide bonds. The molecule has 10 nitrogen and oxygen atoms in total. The van der Waals surface area contributed by atoms with Crippen LogP contribution in [0.3, 0.4) is 0 Å². The highest BCUT2D eigenvalue weighted by molar-refractivity contribution is 8.16. The van der Waals surface area contributed by atoms with Crippen LogP contribution >= 0.6 is 11.8 Å². The van der Waals surface area contributed by atoms with Crippen molar-refractivity contribution >= 4 is 34.8 Å². The van der Waals surface area contributed by atoms with Gasteiger partial charge in [0.25, 0.3) is 0 Å². The van der Waals surface area contributed by atoms with Gasteiger partial charge in [0.2, 0.25) is 5.91 Å². The van der Waals surface area contributed by atoms with Gasteiger partial charge in [-0.2, -0.15) is 0 Å². The monoisotopic (exact) mass is 543 g/mol. The number of likely N-dealkylation sites (tertiary alicyclic amines) is 1. The SMILES string of the molecule is CCOC(=O)[C@H]1CCCN(C(=O)CC2=CSC3=NC(C)=C(C(=O)OC)[C@H](c4cc(OC)ccc4OC)N23)C1. The molecular formula is C27H33N3O7S. The van der Waals surface area contributed by atoms with Crippen LogP contribution in [0.4, 0.5) is 0 Å². The molecule has 1 aromatic rings. The average Bonchev–Trinajstić information content (AvgIpc) is 3.33. The molecule has 0 bridgehead atoms. The van der Waals surface area contributed by atoms with Gasteiger partial charge in [-0.3, -0.25) is 9.59 Å². The minimum Gasteiger partial charge on any atom is -0.497 e. The minimum atomic E-state index is -0.650. The summed E-state index contributed by atoms with van der Waals surface area (Å²) < 4.78 is 21.5. The van der Waals surface area contributed by atoms with Crippen molar-refractivity contribution in [3.05, 3.63) is 46.1 Å². The highest BCUT2D eigenvalue weighted by atomic mass is 32.2. The number of carbonyl (C=O) groups excluding carboxylic acids is 3. The minimum absolute atomic E-state index is 0.0812. The number of methoxy groups -OCH3 is 3. The first-order chi connectivity index (χ1) is 18.3. The maximum atomic E-state index is 13.5. The number of amides is 1. The number of hydrogen-bond donors (Lipinski definition) is 0. The lowest BCUT2D eigenvalue weighted by atomic mass is 9.92. The van der Waals surface area contributed by atoms with E-state index < -0.39 is 12.0 Å². The van der Waals surface area contributed by atoms with Crippen LogP contribution in [0.25, 0.3) is 0 Å². The van der Waals surface area contributed by atoms with E-state index in [0.29, 0.717) is 65.3 Å². The van der Waals surface area contributed by atoms with E-state index in [9.17, 15) is 14.4 Å². The third-order valence-corrected chi connectivity index (χ3v) is 7.75. The Morgan fingerprint density at radius 1 is 1.16 bits per heavy atom. The van der Waals surface area contributed by atoms with E-state index in [1.807, 2.05) is 16.4 Å². The number of allylic oxidation sites excluding steroid dienone is 1. The molecule has 1 saturated heterocycles. The zero-order chi connectivity index (χ0) is 27.4. The fourth-order valence-corrected chi connectivity index (χ4v) is 5.98. The van der Waals surface area contributed by atoms with Crippen LogP contribution in [-0.4, -0.2) is 73.8 Å². The standard InChI is InChI=1S/C27H33N3O7S/c1-6-37-25(32)17-8-7-11-29(14-17)22(31)12-18-15-38-27-28-16(2)23(26(33)36-5)24(30(18)27)20-13-19(34-3)9-10-21(20)35-4/h9-10,13,15,17,24H,6-8,11-12,14H2,1-5H3/t17-,24-/m0/s1. The average molecular weight is 544 g/mol. The molecule has 2 atom stereocenters. The van der Waals surface area contributed by atoms with Crippen LogP contribution in [0.1, 0.15) is 44.7 Å². The van der Waals surface area contributed by atoms with E-state index >= 15 is 0 Å². The van der Waals surface area contributed by atoms with Crippen molar-refractivity contribution in [3.8, 4) is 11.5 Å². The number of ether oxygens (including phenoxy) is 4. The largest absolute Gasteiger partial charge is 0.497 e. The van der Waals surface area contributed by atoms with Crippen LogP contribution < -0.4 is 9.47 Å². The zero-order valence-corrected chi connectivity index (χ0v) is 23.1. The third-order valence-electron chi connectivity index (χ3n) is 6.86. The molecule has 38 heavy (non-hydrogen) atoms. The van der Waals surface area contributed by atoms with Crippen LogP contribution in [-0.2, 0) is 23.9 Å². The maximum absolute atomic E-state index is 13.5. The molecule has 3 heterocycles. The highest BCUT2D eigenvalue weighted by Crippen LogP contribution is 2.47. The number of nitrogens with zero attached hydrogens (tertiary/aromatic N) is 3. The first-order valence-corrected chi connectivity index (χ1v) is 13.4. The molecule has 1 fully saturated rings. The molecule has 1 aromatic carbocycles.